The second-order valence-electron chi connectivity index (χ2n) is 3.45. The van der Waals surface area contributed by atoms with Gasteiger partial charge in [0.2, 0.25) is 5.91 Å². The smallest absolute Gasteiger partial charge is 0.232 e. The van der Waals surface area contributed by atoms with Crippen LogP contribution in [0.1, 0.15) is 32.1 Å². The summed E-state index contributed by atoms with van der Waals surface area (Å²) in [6, 6.07) is 0.212. The van der Waals surface area contributed by atoms with Gasteiger partial charge in [0.05, 0.1) is 12.5 Å². The van der Waals surface area contributed by atoms with Gasteiger partial charge in [-0.05, 0) is 25.7 Å². The molecule has 0 aromatic carbocycles. The van der Waals surface area contributed by atoms with Gasteiger partial charge < -0.3 is 10.4 Å². The third-order valence-corrected chi connectivity index (χ3v) is 2.32. The van der Waals surface area contributed by atoms with E-state index in [4.69, 9.17) is 6.42 Å². The Morgan fingerprint density at radius 3 is 2.62 bits per heavy atom. The summed E-state index contributed by atoms with van der Waals surface area (Å²) in [6.45, 7) is 0. The lowest BCUT2D eigenvalue weighted by atomic mass is 9.93. The molecule has 0 atom stereocenters. The van der Waals surface area contributed by atoms with Crippen molar-refractivity contribution in [3.63, 3.8) is 0 Å². The number of carbonyl (C=O) groups is 1. The summed E-state index contributed by atoms with van der Waals surface area (Å²) in [6.07, 6.45) is 8.25. The molecule has 72 valence electrons. The number of nitrogens with one attached hydrogen (secondary N) is 1. The molecular formula is C10H15NO2. The largest absolute Gasteiger partial charge is 0.393 e. The van der Waals surface area contributed by atoms with E-state index >= 15 is 0 Å². The molecular weight excluding hydrogens is 166 g/mol. The van der Waals surface area contributed by atoms with Crippen LogP contribution in [0.25, 0.3) is 0 Å². The average molecular weight is 181 g/mol. The molecule has 1 saturated carbocycles. The summed E-state index contributed by atoms with van der Waals surface area (Å²) >= 11 is 0. The second-order valence-corrected chi connectivity index (χ2v) is 3.45. The van der Waals surface area contributed by atoms with Crippen molar-refractivity contribution in [1.29, 1.82) is 0 Å². The van der Waals surface area contributed by atoms with Crippen LogP contribution in [0.2, 0.25) is 0 Å². The van der Waals surface area contributed by atoms with E-state index in [1.807, 2.05) is 0 Å². The third-order valence-electron chi connectivity index (χ3n) is 2.32. The van der Waals surface area contributed by atoms with Gasteiger partial charge in [0, 0.05) is 6.04 Å². The molecule has 1 fully saturated rings. The van der Waals surface area contributed by atoms with Gasteiger partial charge in [-0.3, -0.25) is 4.79 Å². The number of aliphatic hydroxyl groups is 1. The highest BCUT2D eigenvalue weighted by Gasteiger charge is 2.20. The molecule has 1 aliphatic rings. The molecule has 3 nitrogen and oxygen atoms in total. The van der Waals surface area contributed by atoms with Crippen LogP contribution in [0.5, 0.6) is 0 Å². The number of hydrogen-bond acceptors (Lipinski definition) is 2. The van der Waals surface area contributed by atoms with Gasteiger partial charge in [0.25, 0.3) is 0 Å². The molecule has 2 N–H and O–H groups in total. The molecule has 1 aliphatic carbocycles. The Morgan fingerprint density at radius 2 is 2.08 bits per heavy atom. The lowest BCUT2D eigenvalue weighted by Gasteiger charge is -2.25. The normalized spacial score (nSPS) is 27.7. The minimum absolute atomic E-state index is 0.0797. The highest BCUT2D eigenvalue weighted by atomic mass is 16.3. The van der Waals surface area contributed by atoms with E-state index in [0.29, 0.717) is 0 Å². The highest BCUT2D eigenvalue weighted by Crippen LogP contribution is 2.18. The molecule has 0 saturated heterocycles. The van der Waals surface area contributed by atoms with E-state index in [9.17, 15) is 9.90 Å². The topological polar surface area (TPSA) is 49.3 Å². The fraction of sp³-hybridized carbons (Fsp3) is 0.700. The quantitative estimate of drug-likeness (QED) is 0.607. The Kier molecular flexibility index (Phi) is 3.78. The summed E-state index contributed by atoms with van der Waals surface area (Å²) in [7, 11) is 0. The van der Waals surface area contributed by atoms with Crippen LogP contribution in [-0.4, -0.2) is 23.2 Å². The van der Waals surface area contributed by atoms with Crippen LogP contribution in [0.4, 0.5) is 0 Å². The molecule has 0 aromatic rings. The lowest BCUT2D eigenvalue weighted by Crippen LogP contribution is -2.38. The molecule has 3 heteroatoms. The maximum absolute atomic E-state index is 11.1. The number of hydrogen-bond donors (Lipinski definition) is 2. The van der Waals surface area contributed by atoms with Gasteiger partial charge in [-0.25, -0.2) is 0 Å². The molecule has 0 radical (unpaired) electrons. The average Bonchev–Trinajstić information content (AvgIpc) is 2.09. The SMILES string of the molecule is C#CCC(=O)NC1CCC(O)CC1. The van der Waals surface area contributed by atoms with Crippen molar-refractivity contribution < 1.29 is 9.90 Å². The van der Waals surface area contributed by atoms with Gasteiger partial charge in [0.15, 0.2) is 0 Å². The fourth-order valence-electron chi connectivity index (χ4n) is 1.59. The van der Waals surface area contributed by atoms with Gasteiger partial charge in [-0.15, -0.1) is 6.42 Å². The molecule has 0 bridgehead atoms. The number of carbonyl (C=O) groups excluding carboxylic acids is 1. The molecule has 0 aliphatic heterocycles. The van der Waals surface area contributed by atoms with E-state index in [1.54, 1.807) is 0 Å². The monoisotopic (exact) mass is 181 g/mol. The first-order valence-electron chi connectivity index (χ1n) is 4.63. The highest BCUT2D eigenvalue weighted by molar-refractivity contribution is 5.78. The molecule has 0 spiro atoms. The standard InChI is InChI=1S/C10H15NO2/c1-2-3-10(13)11-8-4-6-9(12)7-5-8/h1,8-9,12H,3-7H2,(H,11,13). The van der Waals surface area contributed by atoms with E-state index in [0.717, 1.165) is 25.7 Å². The van der Waals surface area contributed by atoms with Crippen molar-refractivity contribution in [2.45, 2.75) is 44.2 Å². The summed E-state index contributed by atoms with van der Waals surface area (Å²) in [5.74, 6) is 2.22. The molecule has 0 aromatic heterocycles. The number of aliphatic hydroxyl groups excluding tert-OH is 1. The molecule has 1 amide bonds. The second kappa shape index (κ2) is 4.88. The van der Waals surface area contributed by atoms with Crippen LogP contribution in [0.3, 0.4) is 0 Å². The third kappa shape index (κ3) is 3.47. The van der Waals surface area contributed by atoms with E-state index in [2.05, 4.69) is 11.2 Å². The van der Waals surface area contributed by atoms with Crippen molar-refractivity contribution in [3.8, 4) is 12.3 Å². The summed E-state index contributed by atoms with van der Waals surface area (Å²) in [4.78, 5) is 11.1. The maximum Gasteiger partial charge on any atom is 0.232 e. The first kappa shape index (κ1) is 10.1. The van der Waals surface area contributed by atoms with E-state index in [1.165, 1.54) is 0 Å². The van der Waals surface area contributed by atoms with Gasteiger partial charge >= 0.3 is 0 Å². The van der Waals surface area contributed by atoms with Crippen LogP contribution >= 0.6 is 0 Å². The van der Waals surface area contributed by atoms with Crippen LogP contribution in [0, 0.1) is 12.3 Å². The zero-order valence-electron chi connectivity index (χ0n) is 7.62. The van der Waals surface area contributed by atoms with Crippen LogP contribution in [0.15, 0.2) is 0 Å². The van der Waals surface area contributed by atoms with Crippen molar-refractivity contribution in [3.05, 3.63) is 0 Å². The predicted octanol–water partition coefficient (Wildman–Crippen LogP) is 0.429. The Morgan fingerprint density at radius 1 is 1.46 bits per heavy atom. The van der Waals surface area contributed by atoms with Crippen molar-refractivity contribution in [2.24, 2.45) is 0 Å². The molecule has 1 rings (SSSR count). The maximum atomic E-state index is 11.1. The first-order valence-corrected chi connectivity index (χ1v) is 4.63. The van der Waals surface area contributed by atoms with E-state index < -0.39 is 0 Å². The Hall–Kier alpha value is -1.01. The Labute approximate surface area is 78.5 Å². The number of rotatable bonds is 2. The van der Waals surface area contributed by atoms with Gasteiger partial charge in [-0.1, -0.05) is 5.92 Å². The molecule has 0 heterocycles. The fourth-order valence-corrected chi connectivity index (χ4v) is 1.59. The predicted molar refractivity (Wildman–Crippen MR) is 49.9 cm³/mol. The van der Waals surface area contributed by atoms with E-state index in [-0.39, 0.29) is 24.5 Å². The van der Waals surface area contributed by atoms with Crippen molar-refractivity contribution >= 4 is 5.91 Å². The zero-order chi connectivity index (χ0) is 9.68. The molecule has 0 unspecified atom stereocenters. The van der Waals surface area contributed by atoms with Crippen LogP contribution in [-0.2, 0) is 4.79 Å². The summed E-state index contributed by atoms with van der Waals surface area (Å²) in [5, 5.41) is 12.1. The van der Waals surface area contributed by atoms with Gasteiger partial charge in [-0.2, -0.15) is 0 Å². The summed E-state index contributed by atoms with van der Waals surface area (Å²) < 4.78 is 0. The minimum atomic E-state index is -0.180. The number of terminal acetylenes is 1. The first-order chi connectivity index (χ1) is 6.22. The zero-order valence-corrected chi connectivity index (χ0v) is 7.62. The minimum Gasteiger partial charge on any atom is -0.393 e. The molecule has 13 heavy (non-hydrogen) atoms. The van der Waals surface area contributed by atoms with Gasteiger partial charge in [0.1, 0.15) is 0 Å². The summed E-state index contributed by atoms with van der Waals surface area (Å²) in [5.41, 5.74) is 0. The number of amides is 1. The Balaban J connectivity index is 2.23. The lowest BCUT2D eigenvalue weighted by molar-refractivity contribution is -0.121. The van der Waals surface area contributed by atoms with Crippen LogP contribution < -0.4 is 5.32 Å². The Bertz CT molecular complexity index is 211. The van der Waals surface area contributed by atoms with Crippen molar-refractivity contribution in [1.82, 2.24) is 5.32 Å². The van der Waals surface area contributed by atoms with Crippen molar-refractivity contribution in [2.75, 3.05) is 0 Å².